The van der Waals surface area contributed by atoms with Gasteiger partial charge in [-0.05, 0) is 31.4 Å². The van der Waals surface area contributed by atoms with E-state index in [-0.39, 0.29) is 5.91 Å². The van der Waals surface area contributed by atoms with Crippen LogP contribution in [0.25, 0.3) is 17.0 Å². The maximum absolute atomic E-state index is 11.9. The second-order valence-corrected chi connectivity index (χ2v) is 6.29. The highest BCUT2D eigenvalue weighted by Crippen LogP contribution is 2.26. The molecule has 0 saturated carbocycles. The van der Waals surface area contributed by atoms with Crippen molar-refractivity contribution in [3.05, 3.63) is 41.9 Å². The molecule has 1 aliphatic rings. The lowest BCUT2D eigenvalue weighted by molar-refractivity contribution is -0.117. The number of rotatable bonds is 4. The first kappa shape index (κ1) is 15.7. The Kier molecular flexibility index (Phi) is 3.95. The summed E-state index contributed by atoms with van der Waals surface area (Å²) in [7, 11) is 0. The molecule has 4 rings (SSSR count). The summed E-state index contributed by atoms with van der Waals surface area (Å²) in [6, 6.07) is 8.02. The van der Waals surface area contributed by atoms with Crippen LogP contribution in [0.15, 0.2) is 30.5 Å². The highest BCUT2D eigenvalue weighted by Gasteiger charge is 2.21. The summed E-state index contributed by atoms with van der Waals surface area (Å²) in [4.78, 5) is 18.3. The molecule has 0 atom stereocenters. The molecule has 3 heterocycles. The lowest BCUT2D eigenvalue weighted by atomic mass is 10.1. The molecule has 128 valence electrons. The average molecular weight is 335 g/mol. The van der Waals surface area contributed by atoms with Gasteiger partial charge in [0.25, 0.3) is 5.78 Å². The predicted molar refractivity (Wildman–Crippen MR) is 96.6 cm³/mol. The van der Waals surface area contributed by atoms with Crippen molar-refractivity contribution in [1.29, 1.82) is 0 Å². The first-order valence-electron chi connectivity index (χ1n) is 8.85. The third-order valence-corrected chi connectivity index (χ3v) is 4.79. The molecule has 2 aromatic heterocycles. The molecule has 1 aromatic carbocycles. The molecule has 0 spiro atoms. The van der Waals surface area contributed by atoms with Crippen LogP contribution in [-0.2, 0) is 17.6 Å². The van der Waals surface area contributed by atoms with E-state index in [1.807, 2.05) is 39.8 Å². The van der Waals surface area contributed by atoms with E-state index in [9.17, 15) is 4.79 Å². The topological polar surface area (TPSA) is 63.4 Å². The fourth-order valence-electron chi connectivity index (χ4n) is 3.46. The van der Waals surface area contributed by atoms with Crippen molar-refractivity contribution in [2.45, 2.75) is 39.5 Å². The molecule has 3 aromatic rings. The Morgan fingerprint density at radius 2 is 1.88 bits per heavy atom. The molecule has 25 heavy (non-hydrogen) atoms. The van der Waals surface area contributed by atoms with Crippen LogP contribution in [-0.4, -0.2) is 32.0 Å². The number of imidazole rings is 1. The van der Waals surface area contributed by atoms with E-state index in [1.165, 1.54) is 0 Å². The number of benzene rings is 1. The van der Waals surface area contributed by atoms with E-state index in [4.69, 9.17) is 0 Å². The first-order valence-corrected chi connectivity index (χ1v) is 8.85. The number of aryl methyl sites for hydroxylation is 2. The largest absolute Gasteiger partial charge is 0.312 e. The molecule has 0 radical (unpaired) electrons. The van der Waals surface area contributed by atoms with Crippen molar-refractivity contribution < 1.29 is 4.79 Å². The molecule has 1 aliphatic heterocycles. The molecule has 0 aliphatic carbocycles. The number of nitrogens with zero attached hydrogens (tertiary/aromatic N) is 5. The Balaban J connectivity index is 1.71. The fraction of sp³-hybridized carbons (Fsp3) is 0.368. The van der Waals surface area contributed by atoms with Gasteiger partial charge in [-0.2, -0.15) is 5.10 Å². The zero-order valence-corrected chi connectivity index (χ0v) is 14.6. The van der Waals surface area contributed by atoms with Crippen LogP contribution in [0.4, 0.5) is 5.69 Å². The van der Waals surface area contributed by atoms with E-state index < -0.39 is 0 Å². The molecule has 6 nitrogen and oxygen atoms in total. The zero-order chi connectivity index (χ0) is 17.4. The maximum atomic E-state index is 11.9. The Bertz CT molecular complexity index is 929. The van der Waals surface area contributed by atoms with Crippen LogP contribution in [0.2, 0.25) is 0 Å². The fourth-order valence-corrected chi connectivity index (χ4v) is 3.46. The number of hydrogen-bond acceptors (Lipinski definition) is 4. The summed E-state index contributed by atoms with van der Waals surface area (Å²) in [5, 5.41) is 8.55. The third-order valence-electron chi connectivity index (χ3n) is 4.79. The van der Waals surface area contributed by atoms with Gasteiger partial charge in [-0.25, -0.2) is 4.98 Å². The van der Waals surface area contributed by atoms with E-state index in [0.717, 1.165) is 54.1 Å². The molecule has 1 saturated heterocycles. The Hall–Kier alpha value is -2.76. The minimum absolute atomic E-state index is 0.204. The van der Waals surface area contributed by atoms with Crippen molar-refractivity contribution >= 4 is 17.4 Å². The van der Waals surface area contributed by atoms with Gasteiger partial charge < -0.3 is 4.90 Å². The Morgan fingerprint density at radius 1 is 1.08 bits per heavy atom. The van der Waals surface area contributed by atoms with E-state index in [1.54, 1.807) is 0 Å². The number of carbonyl (C=O) groups excluding carboxylic acids is 1. The van der Waals surface area contributed by atoms with E-state index in [0.29, 0.717) is 12.2 Å². The van der Waals surface area contributed by atoms with Gasteiger partial charge in [0.05, 0.1) is 11.4 Å². The predicted octanol–water partition coefficient (Wildman–Crippen LogP) is 3.04. The average Bonchev–Trinajstić information content (AvgIpc) is 3.26. The smallest absolute Gasteiger partial charge is 0.254 e. The van der Waals surface area contributed by atoms with Crippen LogP contribution in [0.3, 0.4) is 0 Å². The summed E-state index contributed by atoms with van der Waals surface area (Å²) in [5.41, 5.74) is 5.02. The number of carbonyl (C=O) groups is 1. The molecule has 6 heteroatoms. The van der Waals surface area contributed by atoms with Gasteiger partial charge in [0, 0.05) is 36.1 Å². The third kappa shape index (κ3) is 2.67. The van der Waals surface area contributed by atoms with Crippen molar-refractivity contribution in [3.8, 4) is 11.3 Å². The summed E-state index contributed by atoms with van der Waals surface area (Å²) >= 11 is 0. The normalized spacial score (nSPS) is 14.6. The summed E-state index contributed by atoms with van der Waals surface area (Å²) in [5.74, 6) is 0.832. The number of anilines is 1. The van der Waals surface area contributed by atoms with Crippen molar-refractivity contribution in [3.63, 3.8) is 0 Å². The molecule has 0 unspecified atom stereocenters. The lowest BCUT2D eigenvalue weighted by Gasteiger charge is -2.15. The minimum Gasteiger partial charge on any atom is -0.312 e. The van der Waals surface area contributed by atoms with Crippen LogP contribution in [0, 0.1) is 0 Å². The molecule has 1 fully saturated rings. The molecular weight excluding hydrogens is 314 g/mol. The SMILES string of the molecule is CCc1nnc2nc(-c3ccc(N4CCCC4=O)cc3)cn2c1CC. The molecule has 0 N–H and O–H groups in total. The first-order chi connectivity index (χ1) is 12.2. The summed E-state index contributed by atoms with van der Waals surface area (Å²) in [6.45, 7) is 5.02. The van der Waals surface area contributed by atoms with Gasteiger partial charge in [0.2, 0.25) is 5.91 Å². The van der Waals surface area contributed by atoms with Crippen LogP contribution >= 0.6 is 0 Å². The molecule has 1 amide bonds. The van der Waals surface area contributed by atoms with Gasteiger partial charge in [0.1, 0.15) is 0 Å². The number of amides is 1. The number of hydrogen-bond donors (Lipinski definition) is 0. The highest BCUT2D eigenvalue weighted by molar-refractivity contribution is 5.95. The van der Waals surface area contributed by atoms with Gasteiger partial charge in [0.15, 0.2) is 0 Å². The second kappa shape index (κ2) is 6.27. The van der Waals surface area contributed by atoms with Crippen LogP contribution in [0.1, 0.15) is 38.1 Å². The van der Waals surface area contributed by atoms with Crippen molar-refractivity contribution in [2.24, 2.45) is 0 Å². The van der Waals surface area contributed by atoms with Crippen LogP contribution < -0.4 is 4.90 Å². The maximum Gasteiger partial charge on any atom is 0.254 e. The Labute approximate surface area is 146 Å². The highest BCUT2D eigenvalue weighted by atomic mass is 16.2. The molecular formula is C19H21N5O. The summed E-state index contributed by atoms with van der Waals surface area (Å²) < 4.78 is 2.04. The quantitative estimate of drug-likeness (QED) is 0.735. The van der Waals surface area contributed by atoms with E-state index >= 15 is 0 Å². The van der Waals surface area contributed by atoms with Gasteiger partial charge in [-0.15, -0.1) is 5.10 Å². The zero-order valence-electron chi connectivity index (χ0n) is 14.6. The van der Waals surface area contributed by atoms with Crippen molar-refractivity contribution in [1.82, 2.24) is 19.6 Å². The van der Waals surface area contributed by atoms with Crippen LogP contribution in [0.5, 0.6) is 0 Å². The molecule has 0 bridgehead atoms. The monoisotopic (exact) mass is 335 g/mol. The van der Waals surface area contributed by atoms with Gasteiger partial charge in [-0.1, -0.05) is 26.0 Å². The van der Waals surface area contributed by atoms with E-state index in [2.05, 4.69) is 29.0 Å². The number of aromatic nitrogens is 4. The summed E-state index contributed by atoms with van der Waals surface area (Å²) in [6.07, 6.45) is 5.36. The van der Waals surface area contributed by atoms with Crippen molar-refractivity contribution in [2.75, 3.05) is 11.4 Å². The second-order valence-electron chi connectivity index (χ2n) is 6.29. The minimum atomic E-state index is 0.204. The van der Waals surface area contributed by atoms with Gasteiger partial charge in [-0.3, -0.25) is 9.20 Å². The Morgan fingerprint density at radius 3 is 2.52 bits per heavy atom. The lowest BCUT2D eigenvalue weighted by Crippen LogP contribution is -2.23. The number of fused-ring (bicyclic) bond motifs is 1. The standard InChI is InChI=1S/C19H21N5O/c1-3-15-17(4-2)24-12-16(20-19(24)22-21-15)13-7-9-14(10-8-13)23-11-5-6-18(23)25/h7-10,12H,3-6,11H2,1-2H3. The van der Waals surface area contributed by atoms with Gasteiger partial charge >= 0.3 is 0 Å².